The van der Waals surface area contributed by atoms with E-state index in [1.807, 2.05) is 30.3 Å². The topological polar surface area (TPSA) is 98.5 Å². The quantitative estimate of drug-likeness (QED) is 0.486. The van der Waals surface area contributed by atoms with E-state index in [0.29, 0.717) is 19.6 Å². The van der Waals surface area contributed by atoms with Gasteiger partial charge in [-0.15, -0.1) is 5.10 Å². The van der Waals surface area contributed by atoms with Crippen molar-refractivity contribution in [2.75, 3.05) is 13.2 Å². The van der Waals surface area contributed by atoms with E-state index in [9.17, 15) is 4.79 Å². The zero-order valence-electron chi connectivity index (χ0n) is 13.2. The number of nitrogens with one attached hydrogen (secondary N) is 1. The van der Waals surface area contributed by atoms with Gasteiger partial charge in [0.25, 0.3) is 0 Å². The molecule has 24 heavy (non-hydrogen) atoms. The Morgan fingerprint density at radius 1 is 1.42 bits per heavy atom. The molecule has 10 heteroatoms. The Labute approximate surface area is 145 Å². The maximum Gasteiger partial charge on any atom is 0.341 e. The second-order valence-electron chi connectivity index (χ2n) is 4.72. The molecule has 2 N–H and O–H groups in total. The molecular weight excluding hydrogens is 351 g/mol. The number of carbonyl (C=O) groups is 1. The highest BCUT2D eigenvalue weighted by molar-refractivity contribution is 8.09. The van der Waals surface area contributed by atoms with Crippen molar-refractivity contribution in [3.05, 3.63) is 36.7 Å². The van der Waals surface area contributed by atoms with E-state index in [4.69, 9.17) is 26.0 Å². The van der Waals surface area contributed by atoms with Crippen LogP contribution < -0.4 is 9.61 Å². The largest absolute Gasteiger partial charge is 0.481 e. The predicted octanol–water partition coefficient (Wildman–Crippen LogP) is 2.36. The van der Waals surface area contributed by atoms with Crippen LogP contribution in [0.3, 0.4) is 0 Å². The molecule has 1 unspecified atom stereocenters. The van der Waals surface area contributed by atoms with Crippen LogP contribution in [0.4, 0.5) is 0 Å². The van der Waals surface area contributed by atoms with Gasteiger partial charge in [0.15, 0.2) is 0 Å². The number of rotatable bonds is 10. The number of hydrogen-bond acceptors (Lipinski definition) is 6. The summed E-state index contributed by atoms with van der Waals surface area (Å²) in [6.45, 7) is -0.281. The first-order valence-corrected chi connectivity index (χ1v) is 10.0. The summed E-state index contributed by atoms with van der Waals surface area (Å²) in [5, 5.41) is 15.9. The number of hydrogen-bond donors (Lipinski definition) is 2. The van der Waals surface area contributed by atoms with Gasteiger partial charge in [-0.2, -0.15) is 4.98 Å². The Bertz CT molecular complexity index is 710. The van der Waals surface area contributed by atoms with Crippen LogP contribution in [-0.2, 0) is 21.1 Å². The molecule has 0 saturated carbocycles. The number of aromatic nitrogens is 3. The molecule has 1 atom stereocenters. The lowest BCUT2D eigenvalue weighted by molar-refractivity contribution is -0.137. The van der Waals surface area contributed by atoms with Crippen molar-refractivity contribution < 1.29 is 18.9 Å². The van der Waals surface area contributed by atoms with Gasteiger partial charge in [-0.1, -0.05) is 18.2 Å². The molecule has 0 radical (unpaired) electrons. The van der Waals surface area contributed by atoms with Gasteiger partial charge in [0, 0.05) is 13.0 Å². The highest BCUT2D eigenvalue weighted by Gasteiger charge is 2.22. The van der Waals surface area contributed by atoms with Gasteiger partial charge in [0.05, 0.1) is 12.3 Å². The normalized spacial score (nSPS) is 13.4. The van der Waals surface area contributed by atoms with E-state index >= 15 is 0 Å². The fourth-order valence-electron chi connectivity index (χ4n) is 1.83. The molecule has 1 aromatic carbocycles. The van der Waals surface area contributed by atoms with Gasteiger partial charge < -0.3 is 14.2 Å². The molecule has 130 valence electrons. The minimum Gasteiger partial charge on any atom is -0.481 e. The molecule has 0 fully saturated rings. The fourth-order valence-corrected chi connectivity index (χ4v) is 3.90. The average Bonchev–Trinajstić information content (AvgIpc) is 3.01. The molecule has 1 aromatic heterocycles. The lowest BCUT2D eigenvalue weighted by Crippen LogP contribution is -2.19. The summed E-state index contributed by atoms with van der Waals surface area (Å²) in [7, 11) is 0. The number of carboxylic acids is 1. The molecule has 0 bridgehead atoms. The Kier molecular flexibility index (Phi) is 6.86. The van der Waals surface area contributed by atoms with Gasteiger partial charge in [0.1, 0.15) is 6.33 Å². The maximum absolute atomic E-state index is 10.5. The highest BCUT2D eigenvalue weighted by atomic mass is 32.5. The number of benzene rings is 1. The first-order valence-electron chi connectivity index (χ1n) is 7.40. The third-order valence-corrected chi connectivity index (χ3v) is 5.41. The third kappa shape index (κ3) is 5.68. The van der Waals surface area contributed by atoms with Gasteiger partial charge in [-0.3, -0.25) is 4.79 Å². The van der Waals surface area contributed by atoms with Crippen molar-refractivity contribution in [2.45, 2.75) is 19.8 Å². The van der Waals surface area contributed by atoms with Crippen LogP contribution >= 0.6 is 6.64 Å². The standard InChI is InChI=1S/C14H19N4O4PS/c1-2-21-23(24,16-10-6-9-13(19)20)22-14-15-11-18(17-14)12-7-4-3-5-8-12/h3-5,7-8,11H,2,6,9-10H2,1H3,(H,16,24)(H,19,20). The first-order chi connectivity index (χ1) is 11.5. The van der Waals surface area contributed by atoms with Crippen LogP contribution in [-0.4, -0.2) is 39.0 Å². The van der Waals surface area contributed by atoms with Gasteiger partial charge >= 0.3 is 18.6 Å². The Morgan fingerprint density at radius 2 is 2.17 bits per heavy atom. The van der Waals surface area contributed by atoms with E-state index in [2.05, 4.69) is 15.2 Å². The van der Waals surface area contributed by atoms with Crippen LogP contribution in [0.1, 0.15) is 19.8 Å². The van der Waals surface area contributed by atoms with Crippen LogP contribution in [0.2, 0.25) is 0 Å². The summed E-state index contributed by atoms with van der Waals surface area (Å²) in [6.07, 6.45) is 2.01. The van der Waals surface area contributed by atoms with E-state index in [0.717, 1.165) is 5.69 Å². The molecule has 2 rings (SSSR count). The molecule has 0 spiro atoms. The van der Waals surface area contributed by atoms with Crippen LogP contribution in [0.15, 0.2) is 36.7 Å². The monoisotopic (exact) mass is 370 g/mol. The minimum atomic E-state index is -2.83. The van der Waals surface area contributed by atoms with Crippen molar-refractivity contribution in [1.29, 1.82) is 0 Å². The van der Waals surface area contributed by atoms with Gasteiger partial charge in [-0.05, 0) is 37.3 Å². The molecular formula is C14H19N4O4PS. The minimum absolute atomic E-state index is 0.0509. The highest BCUT2D eigenvalue weighted by Crippen LogP contribution is 2.43. The van der Waals surface area contributed by atoms with Crippen molar-refractivity contribution >= 4 is 24.4 Å². The van der Waals surface area contributed by atoms with E-state index in [-0.39, 0.29) is 12.4 Å². The lowest BCUT2D eigenvalue weighted by Gasteiger charge is -2.20. The molecule has 0 aliphatic rings. The maximum atomic E-state index is 10.5. The van der Waals surface area contributed by atoms with Gasteiger partial charge in [0.2, 0.25) is 0 Å². The number of carboxylic acid groups (broad SMARTS) is 1. The van der Waals surface area contributed by atoms with Crippen molar-refractivity contribution in [1.82, 2.24) is 19.9 Å². The summed E-state index contributed by atoms with van der Waals surface area (Å²) < 4.78 is 12.7. The van der Waals surface area contributed by atoms with Crippen molar-refractivity contribution in [3.8, 4) is 11.7 Å². The summed E-state index contributed by atoms with van der Waals surface area (Å²) in [5.41, 5.74) is 0.846. The van der Waals surface area contributed by atoms with Crippen molar-refractivity contribution in [3.63, 3.8) is 0 Å². The summed E-state index contributed by atoms with van der Waals surface area (Å²) >= 11 is 5.41. The fraction of sp³-hybridized carbons (Fsp3) is 0.357. The van der Waals surface area contributed by atoms with Gasteiger partial charge in [-0.25, -0.2) is 9.77 Å². The predicted molar refractivity (Wildman–Crippen MR) is 92.8 cm³/mol. The van der Waals surface area contributed by atoms with Crippen LogP contribution in [0, 0.1) is 0 Å². The van der Waals surface area contributed by atoms with Crippen LogP contribution in [0.5, 0.6) is 6.01 Å². The van der Waals surface area contributed by atoms with E-state index < -0.39 is 12.6 Å². The Balaban J connectivity index is 2.00. The van der Waals surface area contributed by atoms with E-state index in [1.54, 1.807) is 11.6 Å². The average molecular weight is 370 g/mol. The molecule has 0 aliphatic heterocycles. The smallest absolute Gasteiger partial charge is 0.341 e. The summed E-state index contributed by atoms with van der Waals surface area (Å²) in [6, 6.07) is 9.59. The molecule has 2 aromatic rings. The molecule has 1 heterocycles. The molecule has 8 nitrogen and oxygen atoms in total. The number of nitrogens with zero attached hydrogens (tertiary/aromatic N) is 3. The Morgan fingerprint density at radius 3 is 2.83 bits per heavy atom. The number of aliphatic carboxylic acids is 1. The second kappa shape index (κ2) is 8.89. The van der Waals surface area contributed by atoms with E-state index in [1.165, 1.54) is 6.33 Å². The number of para-hydroxylation sites is 1. The zero-order chi connectivity index (χ0) is 17.4. The molecule has 0 amide bonds. The molecule has 0 aliphatic carbocycles. The summed E-state index contributed by atoms with van der Waals surface area (Å²) in [4.78, 5) is 14.6. The van der Waals surface area contributed by atoms with Crippen molar-refractivity contribution in [2.24, 2.45) is 0 Å². The lowest BCUT2D eigenvalue weighted by atomic mass is 10.3. The summed E-state index contributed by atoms with van der Waals surface area (Å²) in [5.74, 6) is -0.856. The van der Waals surface area contributed by atoms with Crippen LogP contribution in [0.25, 0.3) is 5.69 Å². The second-order valence-corrected chi connectivity index (χ2v) is 7.91. The molecule has 0 saturated heterocycles. The first kappa shape index (κ1) is 18.5. The Hall–Kier alpha value is -1.80. The zero-order valence-corrected chi connectivity index (χ0v) is 14.9. The SMILES string of the molecule is CCOP(=S)(NCCCC(=O)O)Oc1ncn(-c2ccccc2)n1. The third-order valence-electron chi connectivity index (χ3n) is 2.87.